The average molecular weight is 247 g/mol. The van der Waals surface area contributed by atoms with Gasteiger partial charge in [-0.2, -0.15) is 0 Å². The Morgan fingerprint density at radius 2 is 1.89 bits per heavy atom. The molecule has 0 aromatic carbocycles. The first-order valence-corrected chi connectivity index (χ1v) is 6.94. The van der Waals surface area contributed by atoms with Crippen molar-refractivity contribution in [2.75, 3.05) is 7.05 Å². The van der Waals surface area contributed by atoms with Crippen molar-refractivity contribution in [3.8, 4) is 0 Å². The Bertz CT molecular complexity index is 424. The summed E-state index contributed by atoms with van der Waals surface area (Å²) in [6.45, 7) is 8.52. The van der Waals surface area contributed by atoms with Gasteiger partial charge < -0.3 is 5.11 Å². The van der Waals surface area contributed by atoms with Crippen molar-refractivity contribution >= 4 is 0 Å². The van der Waals surface area contributed by atoms with Gasteiger partial charge in [0.25, 0.3) is 0 Å². The van der Waals surface area contributed by atoms with E-state index in [1.165, 1.54) is 5.57 Å². The molecule has 2 atom stereocenters. The summed E-state index contributed by atoms with van der Waals surface area (Å²) in [4.78, 5) is 2.42. The van der Waals surface area contributed by atoms with Crippen LogP contribution >= 0.6 is 0 Å². The Balaban J connectivity index is 2.51. The van der Waals surface area contributed by atoms with Crippen molar-refractivity contribution in [2.45, 2.75) is 52.6 Å². The van der Waals surface area contributed by atoms with E-state index < -0.39 is 0 Å². The second-order valence-electron chi connectivity index (χ2n) is 6.17. The molecule has 2 aliphatic rings. The normalized spacial score (nSPS) is 30.4. The molecule has 100 valence electrons. The van der Waals surface area contributed by atoms with E-state index in [1.807, 2.05) is 0 Å². The summed E-state index contributed by atoms with van der Waals surface area (Å²) in [5.74, 6) is 1.01. The van der Waals surface area contributed by atoms with Crippen molar-refractivity contribution in [3.63, 3.8) is 0 Å². The van der Waals surface area contributed by atoms with Crippen molar-refractivity contribution < 1.29 is 5.11 Å². The van der Waals surface area contributed by atoms with Gasteiger partial charge in [-0.05, 0) is 39.7 Å². The number of nitrogens with zero attached hydrogens (tertiary/aromatic N) is 1. The summed E-state index contributed by atoms with van der Waals surface area (Å²) in [6, 6.07) is 0.806. The van der Waals surface area contributed by atoms with Crippen LogP contribution in [0.25, 0.3) is 0 Å². The Hall–Kier alpha value is -1.02. The van der Waals surface area contributed by atoms with E-state index in [9.17, 15) is 5.11 Å². The van der Waals surface area contributed by atoms with Gasteiger partial charge in [-0.15, -0.1) is 0 Å². The van der Waals surface area contributed by atoms with Crippen LogP contribution in [0.15, 0.2) is 34.6 Å². The van der Waals surface area contributed by atoms with E-state index in [0.29, 0.717) is 23.8 Å². The molecule has 18 heavy (non-hydrogen) atoms. The van der Waals surface area contributed by atoms with Crippen LogP contribution in [0.1, 0.15) is 40.5 Å². The quantitative estimate of drug-likeness (QED) is 0.801. The molecule has 2 unspecified atom stereocenters. The van der Waals surface area contributed by atoms with E-state index in [2.05, 4.69) is 51.8 Å². The van der Waals surface area contributed by atoms with E-state index in [4.69, 9.17) is 0 Å². The first kappa shape index (κ1) is 13.4. The fourth-order valence-corrected chi connectivity index (χ4v) is 3.20. The predicted molar refractivity (Wildman–Crippen MR) is 76.6 cm³/mol. The van der Waals surface area contributed by atoms with Crippen LogP contribution in [0.2, 0.25) is 0 Å². The molecule has 2 aliphatic heterocycles. The third kappa shape index (κ3) is 2.26. The van der Waals surface area contributed by atoms with Gasteiger partial charge in [0.05, 0.1) is 0 Å². The van der Waals surface area contributed by atoms with Gasteiger partial charge in [0.1, 0.15) is 5.76 Å². The third-order valence-electron chi connectivity index (χ3n) is 3.92. The highest BCUT2D eigenvalue weighted by atomic mass is 16.3. The molecule has 0 aromatic rings. The molecule has 0 radical (unpaired) electrons. The minimum absolute atomic E-state index is 0.397. The molecule has 1 fully saturated rings. The highest BCUT2D eigenvalue weighted by Crippen LogP contribution is 2.41. The molecule has 2 rings (SSSR count). The fourth-order valence-electron chi connectivity index (χ4n) is 3.20. The minimum Gasteiger partial charge on any atom is -0.507 e. The number of aliphatic hydroxyl groups is 1. The highest BCUT2D eigenvalue weighted by molar-refractivity contribution is 5.47. The lowest BCUT2D eigenvalue weighted by Gasteiger charge is -2.34. The predicted octanol–water partition coefficient (Wildman–Crippen LogP) is 3.82. The molecule has 2 heterocycles. The number of hydrogen-bond donors (Lipinski definition) is 1. The SMILES string of the molecule is CC(C)=CC1=C(O)/C(=C/C(C)C)C2CCC1N2C. The van der Waals surface area contributed by atoms with E-state index >= 15 is 0 Å². The molecular weight excluding hydrogens is 222 g/mol. The topological polar surface area (TPSA) is 23.5 Å². The lowest BCUT2D eigenvalue weighted by molar-refractivity contribution is 0.251. The van der Waals surface area contributed by atoms with Crippen LogP contribution in [0, 0.1) is 5.92 Å². The molecular formula is C16H25NO. The Morgan fingerprint density at radius 1 is 1.28 bits per heavy atom. The Kier molecular flexibility index (Phi) is 3.67. The maximum Gasteiger partial charge on any atom is 0.124 e. The summed E-state index contributed by atoms with van der Waals surface area (Å²) in [5.41, 5.74) is 3.49. The van der Waals surface area contributed by atoms with Crippen LogP contribution in [0.5, 0.6) is 0 Å². The summed E-state index contributed by atoms with van der Waals surface area (Å²) >= 11 is 0. The minimum atomic E-state index is 0.397. The van der Waals surface area contributed by atoms with Crippen molar-refractivity contribution in [2.24, 2.45) is 5.92 Å². The van der Waals surface area contributed by atoms with Crippen molar-refractivity contribution in [1.29, 1.82) is 0 Å². The molecule has 1 N–H and O–H groups in total. The molecule has 2 nitrogen and oxygen atoms in total. The van der Waals surface area contributed by atoms with Crippen LogP contribution < -0.4 is 0 Å². The largest absolute Gasteiger partial charge is 0.507 e. The van der Waals surface area contributed by atoms with Gasteiger partial charge in [-0.1, -0.05) is 31.6 Å². The second kappa shape index (κ2) is 4.93. The zero-order valence-electron chi connectivity index (χ0n) is 12.2. The van der Waals surface area contributed by atoms with Gasteiger partial charge >= 0.3 is 0 Å². The standard InChI is InChI=1S/C16H25NO/c1-10(2)8-12-14-6-7-15(17(14)5)13(16(12)18)9-11(3)4/h8-10,14-15,18H,6-7H2,1-5H3/b12-8+. The molecule has 2 bridgehead atoms. The molecule has 0 spiro atoms. The number of fused-ring (bicyclic) bond motifs is 2. The maximum atomic E-state index is 10.6. The zero-order chi connectivity index (χ0) is 13.4. The molecule has 1 saturated heterocycles. The summed E-state index contributed by atoms with van der Waals surface area (Å²) in [6.07, 6.45) is 6.67. The van der Waals surface area contributed by atoms with Gasteiger partial charge in [0.2, 0.25) is 0 Å². The van der Waals surface area contributed by atoms with Crippen LogP contribution in [0.3, 0.4) is 0 Å². The summed E-state index contributed by atoms with van der Waals surface area (Å²) in [7, 11) is 2.18. The Labute approximate surface area is 111 Å². The van der Waals surface area contributed by atoms with Crippen molar-refractivity contribution in [1.82, 2.24) is 4.90 Å². The van der Waals surface area contributed by atoms with E-state index in [1.54, 1.807) is 0 Å². The average Bonchev–Trinajstić information content (AvgIpc) is 2.57. The number of likely N-dealkylation sites (N-methyl/N-ethyl adjacent to an activating group) is 1. The van der Waals surface area contributed by atoms with E-state index in [0.717, 1.165) is 24.0 Å². The second-order valence-corrected chi connectivity index (χ2v) is 6.17. The first-order chi connectivity index (χ1) is 8.41. The zero-order valence-corrected chi connectivity index (χ0v) is 12.2. The van der Waals surface area contributed by atoms with Crippen molar-refractivity contribution in [3.05, 3.63) is 34.6 Å². The number of allylic oxidation sites excluding steroid dienone is 2. The van der Waals surface area contributed by atoms with Gasteiger partial charge in [0, 0.05) is 23.2 Å². The van der Waals surface area contributed by atoms with Crippen LogP contribution in [0.4, 0.5) is 0 Å². The first-order valence-electron chi connectivity index (χ1n) is 6.94. The smallest absolute Gasteiger partial charge is 0.124 e. The maximum absolute atomic E-state index is 10.6. The van der Waals surface area contributed by atoms with Gasteiger partial charge in [-0.25, -0.2) is 0 Å². The number of hydrogen-bond acceptors (Lipinski definition) is 2. The highest BCUT2D eigenvalue weighted by Gasteiger charge is 2.41. The number of rotatable bonds is 2. The summed E-state index contributed by atoms with van der Waals surface area (Å²) < 4.78 is 0. The fraction of sp³-hybridized carbons (Fsp3) is 0.625. The lowest BCUT2D eigenvalue weighted by atomic mass is 9.92. The van der Waals surface area contributed by atoms with E-state index in [-0.39, 0.29) is 0 Å². The van der Waals surface area contributed by atoms with Crippen LogP contribution in [-0.4, -0.2) is 29.1 Å². The third-order valence-corrected chi connectivity index (χ3v) is 3.92. The summed E-state index contributed by atoms with van der Waals surface area (Å²) in [5, 5.41) is 10.6. The van der Waals surface area contributed by atoms with Crippen LogP contribution in [-0.2, 0) is 0 Å². The van der Waals surface area contributed by atoms with Gasteiger partial charge in [-0.3, -0.25) is 4.90 Å². The van der Waals surface area contributed by atoms with Gasteiger partial charge in [0.15, 0.2) is 0 Å². The molecule has 2 heteroatoms. The monoisotopic (exact) mass is 247 g/mol. The molecule has 0 aliphatic carbocycles. The molecule has 0 amide bonds. The number of aliphatic hydroxyl groups excluding tert-OH is 1. The molecule has 0 saturated carbocycles. The molecule has 0 aromatic heterocycles. The lowest BCUT2D eigenvalue weighted by Crippen LogP contribution is -2.39. The Morgan fingerprint density at radius 3 is 2.44 bits per heavy atom.